The number of rotatable bonds is 9. The van der Waals surface area contributed by atoms with Crippen molar-refractivity contribution in [1.29, 1.82) is 0 Å². The summed E-state index contributed by atoms with van der Waals surface area (Å²) in [7, 11) is 0. The number of aryl methyl sites for hydroxylation is 1. The molecule has 2 aromatic heterocycles. The molecular weight excluding hydrogens is 402 g/mol. The number of nitrogens with one attached hydrogen (secondary N) is 2. The van der Waals surface area contributed by atoms with Crippen LogP contribution in [0.1, 0.15) is 42.7 Å². The van der Waals surface area contributed by atoms with Crippen LogP contribution in [-0.2, 0) is 29.0 Å². The number of aromatic nitrogens is 1. The third-order valence-corrected chi connectivity index (χ3v) is 6.25. The number of amides is 2. The molecule has 152 valence electrons. The predicted octanol–water partition coefficient (Wildman–Crippen LogP) is 5.03. The second-order valence-corrected chi connectivity index (χ2v) is 8.89. The number of thiophene rings is 1. The van der Waals surface area contributed by atoms with Gasteiger partial charge in [-0.1, -0.05) is 37.6 Å². The summed E-state index contributed by atoms with van der Waals surface area (Å²) >= 11 is 3.00. The fourth-order valence-corrected chi connectivity index (χ4v) is 4.53. The quantitative estimate of drug-likeness (QED) is 0.503. The number of carbonyl (C=O) groups excluding carboxylic acids is 2. The van der Waals surface area contributed by atoms with E-state index in [9.17, 15) is 9.59 Å². The van der Waals surface area contributed by atoms with Crippen LogP contribution in [0.15, 0.2) is 41.8 Å². The number of nitrogens with zero attached hydrogens (tertiary/aromatic N) is 1. The maximum absolute atomic E-state index is 12.4. The molecule has 7 heteroatoms. The van der Waals surface area contributed by atoms with Crippen molar-refractivity contribution in [3.63, 3.8) is 0 Å². The van der Waals surface area contributed by atoms with E-state index in [2.05, 4.69) is 34.7 Å². The van der Waals surface area contributed by atoms with E-state index in [1.807, 2.05) is 29.6 Å². The summed E-state index contributed by atoms with van der Waals surface area (Å²) in [6.07, 6.45) is 3.79. The molecule has 0 aliphatic rings. The van der Waals surface area contributed by atoms with E-state index in [-0.39, 0.29) is 11.8 Å². The van der Waals surface area contributed by atoms with Crippen molar-refractivity contribution in [3.8, 4) is 10.6 Å². The lowest BCUT2D eigenvalue weighted by atomic mass is 10.0. The first-order chi connectivity index (χ1) is 14.0. The predicted molar refractivity (Wildman–Crippen MR) is 120 cm³/mol. The monoisotopic (exact) mass is 427 g/mol. The van der Waals surface area contributed by atoms with Crippen LogP contribution in [0.3, 0.4) is 0 Å². The zero-order valence-corrected chi connectivity index (χ0v) is 18.3. The van der Waals surface area contributed by atoms with Crippen molar-refractivity contribution < 1.29 is 9.59 Å². The number of thiazole rings is 1. The normalized spacial score (nSPS) is 10.7. The Morgan fingerprint density at radius 1 is 1.07 bits per heavy atom. The topological polar surface area (TPSA) is 71.1 Å². The molecular formula is C22H25N3O2S2. The fraction of sp³-hybridized carbons (Fsp3) is 0.318. The zero-order chi connectivity index (χ0) is 20.6. The third kappa shape index (κ3) is 6.51. The smallest absolute Gasteiger partial charge is 0.230 e. The van der Waals surface area contributed by atoms with E-state index in [4.69, 9.17) is 0 Å². The summed E-state index contributed by atoms with van der Waals surface area (Å²) in [5.74, 6) is -0.112. The van der Waals surface area contributed by atoms with Gasteiger partial charge in [0.05, 0.1) is 23.5 Å². The van der Waals surface area contributed by atoms with Crippen molar-refractivity contribution in [1.82, 2.24) is 10.3 Å². The summed E-state index contributed by atoms with van der Waals surface area (Å²) in [6, 6.07) is 12.2. The molecule has 3 aromatic rings. The minimum absolute atomic E-state index is 0.0470. The Hall–Kier alpha value is -2.51. The highest BCUT2D eigenvalue weighted by Gasteiger charge is 2.11. The van der Waals surface area contributed by atoms with Gasteiger partial charge in [-0.25, -0.2) is 4.98 Å². The van der Waals surface area contributed by atoms with Crippen LogP contribution in [0, 0.1) is 0 Å². The number of hydrogen-bond acceptors (Lipinski definition) is 5. The van der Waals surface area contributed by atoms with Gasteiger partial charge in [0.15, 0.2) is 5.13 Å². The number of hydrogen-bond donors (Lipinski definition) is 2. The van der Waals surface area contributed by atoms with Crippen molar-refractivity contribution in [2.45, 2.75) is 46.1 Å². The Bertz CT molecular complexity index is 961. The Kier molecular flexibility index (Phi) is 7.55. The van der Waals surface area contributed by atoms with Gasteiger partial charge in [-0.05, 0) is 36.1 Å². The first kappa shape index (κ1) is 21.2. The molecule has 1 aromatic carbocycles. The molecule has 0 bridgehead atoms. The Labute approximate surface area is 179 Å². The third-order valence-electron chi connectivity index (χ3n) is 4.38. The summed E-state index contributed by atoms with van der Waals surface area (Å²) < 4.78 is 0. The maximum atomic E-state index is 12.4. The first-order valence-corrected chi connectivity index (χ1v) is 11.4. The standard InChI is InChI=1S/C22H25N3O2S2/c1-3-4-5-16-6-8-17(9-7-16)12-21(27)25-22-24-19(14-28-22)20-11-10-18(29-20)13-23-15(2)26/h6-11,14H,3-5,12-13H2,1-2H3,(H,23,26)(H,24,25,27). The van der Waals surface area contributed by atoms with Gasteiger partial charge in [-0.3, -0.25) is 9.59 Å². The molecule has 0 unspecified atom stereocenters. The van der Waals surface area contributed by atoms with E-state index in [1.54, 1.807) is 11.3 Å². The van der Waals surface area contributed by atoms with Crippen LogP contribution in [0.2, 0.25) is 0 Å². The molecule has 0 saturated carbocycles. The lowest BCUT2D eigenvalue weighted by molar-refractivity contribution is -0.119. The van der Waals surface area contributed by atoms with E-state index in [0.717, 1.165) is 27.4 Å². The van der Waals surface area contributed by atoms with Crippen LogP contribution in [0.25, 0.3) is 10.6 Å². The molecule has 2 heterocycles. The van der Waals surface area contributed by atoms with E-state index >= 15 is 0 Å². The van der Waals surface area contributed by atoms with Gasteiger partial charge in [-0.2, -0.15) is 0 Å². The second-order valence-electron chi connectivity index (χ2n) is 6.86. The van der Waals surface area contributed by atoms with Crippen LogP contribution in [0.4, 0.5) is 5.13 Å². The van der Waals surface area contributed by atoms with Gasteiger partial charge in [-0.15, -0.1) is 22.7 Å². The highest BCUT2D eigenvalue weighted by molar-refractivity contribution is 7.17. The second kappa shape index (κ2) is 10.3. The van der Waals surface area contributed by atoms with Crippen molar-refractivity contribution in [3.05, 3.63) is 57.8 Å². The highest BCUT2D eigenvalue weighted by atomic mass is 32.1. The molecule has 2 amide bonds. The van der Waals surface area contributed by atoms with Crippen molar-refractivity contribution >= 4 is 39.6 Å². The van der Waals surface area contributed by atoms with Crippen molar-refractivity contribution in [2.24, 2.45) is 0 Å². The molecule has 0 aliphatic heterocycles. The average Bonchev–Trinajstić information content (AvgIpc) is 3.35. The lowest BCUT2D eigenvalue weighted by Gasteiger charge is -2.04. The Balaban J connectivity index is 1.54. The molecule has 0 saturated heterocycles. The van der Waals surface area contributed by atoms with Crippen LogP contribution in [0.5, 0.6) is 0 Å². The average molecular weight is 428 g/mol. The van der Waals surface area contributed by atoms with E-state index in [1.165, 1.54) is 36.7 Å². The van der Waals surface area contributed by atoms with Crippen molar-refractivity contribution in [2.75, 3.05) is 5.32 Å². The maximum Gasteiger partial charge on any atom is 0.230 e. The molecule has 0 aliphatic carbocycles. The summed E-state index contributed by atoms with van der Waals surface area (Å²) in [5.41, 5.74) is 3.15. The largest absolute Gasteiger partial charge is 0.351 e. The zero-order valence-electron chi connectivity index (χ0n) is 16.7. The van der Waals surface area contributed by atoms with Gasteiger partial charge >= 0.3 is 0 Å². The van der Waals surface area contributed by atoms with Gasteiger partial charge < -0.3 is 10.6 Å². The van der Waals surface area contributed by atoms with Gasteiger partial charge in [0, 0.05) is 17.2 Å². The summed E-state index contributed by atoms with van der Waals surface area (Å²) in [5, 5.41) is 8.22. The minimum Gasteiger partial charge on any atom is -0.351 e. The molecule has 29 heavy (non-hydrogen) atoms. The number of benzene rings is 1. The molecule has 2 N–H and O–H groups in total. The van der Waals surface area contributed by atoms with E-state index < -0.39 is 0 Å². The van der Waals surface area contributed by atoms with Crippen LogP contribution in [-0.4, -0.2) is 16.8 Å². The number of unbranched alkanes of at least 4 members (excludes halogenated alkanes) is 1. The van der Waals surface area contributed by atoms with Gasteiger partial charge in [0.1, 0.15) is 0 Å². The molecule has 0 atom stereocenters. The molecule has 3 rings (SSSR count). The highest BCUT2D eigenvalue weighted by Crippen LogP contribution is 2.30. The van der Waals surface area contributed by atoms with E-state index in [0.29, 0.717) is 18.1 Å². The minimum atomic E-state index is -0.0651. The summed E-state index contributed by atoms with van der Waals surface area (Å²) in [6.45, 7) is 4.21. The molecule has 0 spiro atoms. The van der Waals surface area contributed by atoms with Crippen LogP contribution < -0.4 is 10.6 Å². The summed E-state index contributed by atoms with van der Waals surface area (Å²) in [4.78, 5) is 30.0. The molecule has 0 fully saturated rings. The Morgan fingerprint density at radius 3 is 2.55 bits per heavy atom. The fourth-order valence-electron chi connectivity index (χ4n) is 2.82. The molecule has 0 radical (unpaired) electrons. The Morgan fingerprint density at radius 2 is 1.83 bits per heavy atom. The number of anilines is 1. The van der Waals surface area contributed by atoms with Gasteiger partial charge in [0.2, 0.25) is 11.8 Å². The first-order valence-electron chi connectivity index (χ1n) is 9.70. The number of carbonyl (C=O) groups is 2. The SMILES string of the molecule is CCCCc1ccc(CC(=O)Nc2nc(-c3ccc(CNC(C)=O)s3)cs2)cc1. The lowest BCUT2D eigenvalue weighted by Crippen LogP contribution is -2.17. The van der Waals surface area contributed by atoms with Gasteiger partial charge in [0.25, 0.3) is 0 Å². The molecule has 5 nitrogen and oxygen atoms in total. The van der Waals surface area contributed by atoms with Crippen LogP contribution >= 0.6 is 22.7 Å².